The second-order valence-electron chi connectivity index (χ2n) is 6.08. The number of hydrogen-bond acceptors (Lipinski definition) is 3. The molecule has 4 heteroatoms. The van der Waals surface area contributed by atoms with Crippen molar-refractivity contribution in [2.45, 2.75) is 44.1 Å². The van der Waals surface area contributed by atoms with Crippen LogP contribution in [0.5, 0.6) is 0 Å². The summed E-state index contributed by atoms with van der Waals surface area (Å²) in [4.78, 5) is 24.9. The molecule has 1 heterocycles. The van der Waals surface area contributed by atoms with E-state index in [0.29, 0.717) is 18.8 Å². The van der Waals surface area contributed by atoms with Gasteiger partial charge in [-0.2, -0.15) is 0 Å². The first-order valence-electron chi connectivity index (χ1n) is 7.78. The molecule has 1 aromatic rings. The zero-order valence-electron chi connectivity index (χ0n) is 12.5. The minimum Gasteiger partial charge on any atom is -0.305 e. The van der Waals surface area contributed by atoms with E-state index in [1.54, 1.807) is 7.05 Å². The molecule has 2 amide bonds. The van der Waals surface area contributed by atoms with Crippen LogP contribution in [0.2, 0.25) is 0 Å². The number of likely N-dealkylation sites (N-methyl/N-ethyl adjacent to an activating group) is 1. The normalized spacial score (nSPS) is 25.9. The average Bonchev–Trinajstić information content (AvgIpc) is 2.52. The molecular formula is C17H22N2O2. The molecule has 0 spiro atoms. The van der Waals surface area contributed by atoms with Gasteiger partial charge in [-0.1, -0.05) is 24.3 Å². The summed E-state index contributed by atoms with van der Waals surface area (Å²) in [6, 6.07) is 8.40. The molecule has 1 saturated heterocycles. The minimum absolute atomic E-state index is 0.0685. The van der Waals surface area contributed by atoms with Crippen molar-refractivity contribution in [3.05, 3.63) is 35.4 Å². The zero-order chi connectivity index (χ0) is 14.8. The van der Waals surface area contributed by atoms with Crippen LogP contribution in [-0.4, -0.2) is 36.3 Å². The van der Waals surface area contributed by atoms with Crippen molar-refractivity contribution in [2.24, 2.45) is 0 Å². The molecule has 1 fully saturated rings. The third-order valence-electron chi connectivity index (χ3n) is 4.75. The van der Waals surface area contributed by atoms with Crippen molar-refractivity contribution in [2.75, 3.05) is 13.6 Å². The SMILES string of the molecule is CN1C(=O)CCC(NCC2CCCc3ccccc32)C1=O. The lowest BCUT2D eigenvalue weighted by Gasteiger charge is -2.31. The quantitative estimate of drug-likeness (QED) is 0.863. The molecule has 1 N–H and O–H groups in total. The number of hydrogen-bond donors (Lipinski definition) is 1. The topological polar surface area (TPSA) is 49.4 Å². The number of carbonyl (C=O) groups is 2. The maximum absolute atomic E-state index is 12.1. The Morgan fingerprint density at radius 2 is 2.00 bits per heavy atom. The summed E-state index contributed by atoms with van der Waals surface area (Å²) in [5, 5.41) is 3.39. The van der Waals surface area contributed by atoms with Gasteiger partial charge < -0.3 is 5.32 Å². The summed E-state index contributed by atoms with van der Waals surface area (Å²) in [5.41, 5.74) is 2.86. The number of nitrogens with zero attached hydrogens (tertiary/aromatic N) is 1. The Balaban J connectivity index is 1.64. The number of carbonyl (C=O) groups excluding carboxylic acids is 2. The lowest BCUT2D eigenvalue weighted by molar-refractivity contribution is -0.148. The second kappa shape index (κ2) is 5.98. The monoisotopic (exact) mass is 286 g/mol. The van der Waals surface area contributed by atoms with E-state index in [1.165, 1.54) is 28.9 Å². The standard InChI is InChI=1S/C17H22N2O2/c1-19-16(20)10-9-15(17(19)21)18-11-13-7-4-6-12-5-2-3-8-14(12)13/h2-3,5,8,13,15,18H,4,6-7,9-11H2,1H3. The van der Waals surface area contributed by atoms with Gasteiger partial charge in [0, 0.05) is 20.0 Å². The smallest absolute Gasteiger partial charge is 0.246 e. The summed E-state index contributed by atoms with van der Waals surface area (Å²) < 4.78 is 0. The van der Waals surface area contributed by atoms with E-state index in [9.17, 15) is 9.59 Å². The maximum Gasteiger partial charge on any atom is 0.246 e. The van der Waals surface area contributed by atoms with Crippen molar-refractivity contribution in [1.82, 2.24) is 10.2 Å². The van der Waals surface area contributed by atoms with Crippen molar-refractivity contribution < 1.29 is 9.59 Å². The van der Waals surface area contributed by atoms with E-state index < -0.39 is 0 Å². The van der Waals surface area contributed by atoms with E-state index in [2.05, 4.69) is 29.6 Å². The Kier molecular flexibility index (Phi) is 4.06. The molecule has 112 valence electrons. The van der Waals surface area contributed by atoms with Crippen LogP contribution in [0.1, 0.15) is 42.7 Å². The number of nitrogens with one attached hydrogen (secondary N) is 1. The van der Waals surface area contributed by atoms with Crippen LogP contribution in [-0.2, 0) is 16.0 Å². The van der Waals surface area contributed by atoms with Crippen LogP contribution in [0, 0.1) is 0 Å². The molecule has 2 aliphatic rings. The number of imide groups is 1. The predicted octanol–water partition coefficient (Wildman–Crippen LogP) is 1.84. The van der Waals surface area contributed by atoms with Crippen molar-refractivity contribution in [3.8, 4) is 0 Å². The fourth-order valence-electron chi connectivity index (χ4n) is 3.46. The first-order valence-corrected chi connectivity index (χ1v) is 7.78. The van der Waals surface area contributed by atoms with Gasteiger partial charge in [0.1, 0.15) is 0 Å². The molecule has 21 heavy (non-hydrogen) atoms. The zero-order valence-corrected chi connectivity index (χ0v) is 12.5. The lowest BCUT2D eigenvalue weighted by Crippen LogP contribution is -2.52. The molecule has 3 rings (SSSR count). The van der Waals surface area contributed by atoms with Gasteiger partial charge in [0.2, 0.25) is 11.8 Å². The Bertz CT molecular complexity index is 555. The fourth-order valence-corrected chi connectivity index (χ4v) is 3.46. The molecule has 1 aliphatic heterocycles. The molecule has 2 unspecified atom stereocenters. The van der Waals surface area contributed by atoms with Crippen LogP contribution in [0.4, 0.5) is 0 Å². The summed E-state index contributed by atoms with van der Waals surface area (Å²) in [5.74, 6) is 0.321. The van der Waals surface area contributed by atoms with Gasteiger partial charge in [-0.25, -0.2) is 0 Å². The predicted molar refractivity (Wildman–Crippen MR) is 80.9 cm³/mol. The molecule has 0 bridgehead atoms. The largest absolute Gasteiger partial charge is 0.305 e. The van der Waals surface area contributed by atoms with Gasteiger partial charge in [0.05, 0.1) is 6.04 Å². The van der Waals surface area contributed by atoms with E-state index in [1.807, 2.05) is 0 Å². The van der Waals surface area contributed by atoms with E-state index in [-0.39, 0.29) is 17.9 Å². The third kappa shape index (κ3) is 2.86. The summed E-state index contributed by atoms with van der Waals surface area (Å²) in [6.45, 7) is 0.815. The van der Waals surface area contributed by atoms with Crippen LogP contribution in [0.3, 0.4) is 0 Å². The van der Waals surface area contributed by atoms with Crippen molar-refractivity contribution >= 4 is 11.8 Å². The van der Waals surface area contributed by atoms with Crippen LogP contribution in [0.15, 0.2) is 24.3 Å². The molecule has 0 aromatic heterocycles. The molecular weight excluding hydrogens is 264 g/mol. The summed E-state index contributed by atoms with van der Waals surface area (Å²) in [7, 11) is 1.58. The number of aryl methyl sites for hydroxylation is 1. The Morgan fingerprint density at radius 1 is 1.19 bits per heavy atom. The first-order chi connectivity index (χ1) is 10.2. The van der Waals surface area contributed by atoms with Gasteiger partial charge in [0.15, 0.2) is 0 Å². The molecule has 0 radical (unpaired) electrons. The van der Waals surface area contributed by atoms with E-state index in [0.717, 1.165) is 13.0 Å². The van der Waals surface area contributed by atoms with E-state index in [4.69, 9.17) is 0 Å². The van der Waals surface area contributed by atoms with E-state index >= 15 is 0 Å². The van der Waals surface area contributed by atoms with Gasteiger partial charge >= 0.3 is 0 Å². The van der Waals surface area contributed by atoms with Crippen LogP contribution in [0.25, 0.3) is 0 Å². The Hall–Kier alpha value is -1.68. The van der Waals surface area contributed by atoms with Crippen molar-refractivity contribution in [1.29, 1.82) is 0 Å². The summed E-state index contributed by atoms with van der Waals surface area (Å²) >= 11 is 0. The highest BCUT2D eigenvalue weighted by molar-refractivity contribution is 6.00. The second-order valence-corrected chi connectivity index (χ2v) is 6.08. The first kappa shape index (κ1) is 14.3. The number of fused-ring (bicyclic) bond motifs is 1. The number of rotatable bonds is 3. The number of benzene rings is 1. The van der Waals surface area contributed by atoms with Gasteiger partial charge in [-0.15, -0.1) is 0 Å². The van der Waals surface area contributed by atoms with Crippen LogP contribution < -0.4 is 5.32 Å². The highest BCUT2D eigenvalue weighted by Crippen LogP contribution is 2.31. The lowest BCUT2D eigenvalue weighted by atomic mass is 9.82. The summed E-state index contributed by atoms with van der Waals surface area (Å²) in [6.07, 6.45) is 4.61. The number of piperidine rings is 1. The molecule has 2 atom stereocenters. The van der Waals surface area contributed by atoms with Crippen molar-refractivity contribution in [3.63, 3.8) is 0 Å². The van der Waals surface area contributed by atoms with Crippen LogP contribution >= 0.6 is 0 Å². The molecule has 1 aliphatic carbocycles. The third-order valence-corrected chi connectivity index (χ3v) is 4.75. The molecule has 1 aromatic carbocycles. The minimum atomic E-state index is -0.207. The maximum atomic E-state index is 12.1. The highest BCUT2D eigenvalue weighted by atomic mass is 16.2. The van der Waals surface area contributed by atoms with Gasteiger partial charge in [0.25, 0.3) is 0 Å². The fraction of sp³-hybridized carbons (Fsp3) is 0.529. The Labute approximate surface area is 125 Å². The number of amides is 2. The Morgan fingerprint density at radius 3 is 2.86 bits per heavy atom. The molecule has 4 nitrogen and oxygen atoms in total. The highest BCUT2D eigenvalue weighted by Gasteiger charge is 2.32. The molecule has 0 saturated carbocycles. The van der Waals surface area contributed by atoms with Gasteiger partial charge in [-0.3, -0.25) is 14.5 Å². The average molecular weight is 286 g/mol. The van der Waals surface area contributed by atoms with Gasteiger partial charge in [-0.05, 0) is 42.7 Å². The number of likely N-dealkylation sites (tertiary alicyclic amines) is 1.